The zero-order chi connectivity index (χ0) is 27.6. The molecule has 210 valence electrons. The van der Waals surface area contributed by atoms with E-state index in [4.69, 9.17) is 23.9 Å². The Balaban J connectivity index is 0.000000886. The van der Waals surface area contributed by atoms with Gasteiger partial charge in [-0.25, -0.2) is 0 Å². The summed E-state index contributed by atoms with van der Waals surface area (Å²) in [5.74, 6) is 9.81. The van der Waals surface area contributed by atoms with Crippen LogP contribution < -0.4 is 0 Å². The van der Waals surface area contributed by atoms with Crippen molar-refractivity contribution < 1.29 is 17.0 Å². The summed E-state index contributed by atoms with van der Waals surface area (Å²) in [5.41, 5.74) is 2.88. The fourth-order valence-corrected chi connectivity index (χ4v) is 12.6. The molecule has 0 bridgehead atoms. The number of halogens is 2. The van der Waals surface area contributed by atoms with Crippen LogP contribution in [0.5, 0.6) is 0 Å². The van der Waals surface area contributed by atoms with E-state index in [0.717, 1.165) is 11.1 Å². The molecule has 1 aromatic rings. The quantitative estimate of drug-likeness (QED) is 0.187. The summed E-state index contributed by atoms with van der Waals surface area (Å²) < 4.78 is 2.90. The molecule has 0 radical (unpaired) electrons. The van der Waals surface area contributed by atoms with Crippen LogP contribution in [0.15, 0.2) is 103 Å². The molecular weight excluding hydrogens is 583 g/mol. The molecule has 2 nitrogen and oxygen atoms in total. The van der Waals surface area contributed by atoms with Crippen LogP contribution in [-0.4, -0.2) is 31.1 Å². The number of hydrogen-bond acceptors (Lipinski definition) is 1. The monoisotopic (exact) mass is 622 g/mol. The van der Waals surface area contributed by atoms with Crippen LogP contribution >= 0.6 is 18.6 Å². The third kappa shape index (κ3) is 6.06. The van der Waals surface area contributed by atoms with Gasteiger partial charge in [-0.15, -0.1) is 0 Å². The Morgan fingerprint density at radius 3 is 1.93 bits per heavy atom. The second-order valence-corrected chi connectivity index (χ2v) is 18.9. The Kier molecular flexibility index (Phi) is 10.9. The molecule has 4 aliphatic carbocycles. The Morgan fingerprint density at radius 2 is 1.38 bits per heavy atom. The minimum absolute atomic E-state index is 0. The molecule has 1 aliphatic heterocycles. The third-order valence-corrected chi connectivity index (χ3v) is 13.4. The fraction of sp³-hybridized carbons (Fsp3) is 0.382. The molecule has 0 amide bonds. The molecule has 5 unspecified atom stereocenters. The van der Waals surface area contributed by atoms with Gasteiger partial charge in [0.2, 0.25) is 0 Å². The van der Waals surface area contributed by atoms with Gasteiger partial charge in [-0.1, -0.05) is 142 Å². The van der Waals surface area contributed by atoms with Crippen molar-refractivity contribution in [3.05, 3.63) is 121 Å². The minimum atomic E-state index is -1.96. The third-order valence-electron chi connectivity index (χ3n) is 9.07. The molecule has 0 N–H and O–H groups in total. The van der Waals surface area contributed by atoms with E-state index in [0.29, 0.717) is 41.2 Å². The van der Waals surface area contributed by atoms with E-state index < -0.39 is 25.3 Å². The van der Waals surface area contributed by atoms with Gasteiger partial charge < -0.3 is 17.3 Å². The van der Waals surface area contributed by atoms with Crippen LogP contribution in [0, 0.1) is 48.9 Å². The molecule has 6 heteroatoms. The summed E-state index contributed by atoms with van der Waals surface area (Å²) in [7, 11) is 7.82. The zero-order valence-corrected chi connectivity index (χ0v) is 28.2. The maximum absolute atomic E-state index is 5.51. The van der Waals surface area contributed by atoms with E-state index >= 15 is 0 Å². The van der Waals surface area contributed by atoms with Crippen molar-refractivity contribution in [3.63, 3.8) is 0 Å². The molecule has 40 heavy (non-hydrogen) atoms. The summed E-state index contributed by atoms with van der Waals surface area (Å²) >= 11 is -0.556. The molecule has 7 atom stereocenters. The molecule has 1 saturated heterocycles. The summed E-state index contributed by atoms with van der Waals surface area (Å²) in [5, 5.41) is 5.51. The van der Waals surface area contributed by atoms with Gasteiger partial charge in [0.05, 0.1) is 0 Å². The second kappa shape index (κ2) is 13.7. The summed E-state index contributed by atoms with van der Waals surface area (Å²) in [6.45, 7) is 9.95. The van der Waals surface area contributed by atoms with Crippen LogP contribution in [0.2, 0.25) is 18.6 Å². The molecule has 0 spiro atoms. The molecule has 1 heterocycles. The first-order valence-electron chi connectivity index (χ1n) is 14.0. The van der Waals surface area contributed by atoms with Crippen LogP contribution in [0.25, 0.3) is 5.32 Å². The van der Waals surface area contributed by atoms with E-state index in [1.165, 1.54) is 0 Å². The van der Waals surface area contributed by atoms with Crippen molar-refractivity contribution >= 4 is 26.8 Å². The average Bonchev–Trinajstić information content (AvgIpc) is 3.51. The van der Waals surface area contributed by atoms with E-state index in [-0.39, 0.29) is 19.6 Å². The Morgan fingerprint density at radius 1 is 0.825 bits per heavy atom. The topological polar surface area (TPSA) is 17.3 Å². The van der Waals surface area contributed by atoms with Crippen LogP contribution in [0.1, 0.15) is 19.4 Å². The Bertz CT molecular complexity index is 1240. The fourth-order valence-electron chi connectivity index (χ4n) is 7.63. The maximum atomic E-state index is 5.51. The van der Waals surface area contributed by atoms with Crippen LogP contribution in [-0.2, 0) is 17.0 Å². The van der Waals surface area contributed by atoms with Gasteiger partial charge in [0.25, 0.3) is 0 Å². The van der Waals surface area contributed by atoms with Crippen molar-refractivity contribution in [3.8, 4) is 11.8 Å². The first-order valence-corrected chi connectivity index (χ1v) is 21.3. The van der Waals surface area contributed by atoms with Gasteiger partial charge >= 0.3 is 35.6 Å². The van der Waals surface area contributed by atoms with Crippen LogP contribution in [0.4, 0.5) is 0 Å². The van der Waals surface area contributed by atoms with Gasteiger partial charge in [0.1, 0.15) is 8.24 Å². The predicted octanol–water partition coefficient (Wildman–Crippen LogP) is 9.08. The standard InChI is InChI=1S/C33H37N2Si.CH3.2ClH.Ti/c1-23(2)33-34-31-25(22-21-24-13-6-5-7-14-24)15-12-20-30(31)35(33)36(3,4)32-28-18-10-8-16-26(28)27-17-9-11-19-29(27)32;;;;/h5-20,23,26-33H,1-4H3;1H3;2*1H;/q2*-1;;;+2/p-2/t26?,27?,28?,29?,30-,31?,32?,33+;;;;/m1..../s1. The van der Waals surface area contributed by atoms with Crippen molar-refractivity contribution in [2.45, 2.75) is 50.7 Å². The molecule has 1 aromatic carbocycles. The van der Waals surface area contributed by atoms with E-state index in [2.05, 4.69) is 134 Å². The van der Waals surface area contributed by atoms with E-state index in [9.17, 15) is 0 Å². The van der Waals surface area contributed by atoms with Gasteiger partial charge in [0.15, 0.2) is 0 Å². The first-order chi connectivity index (χ1) is 18.9. The normalized spacial score (nSPS) is 33.0. The average molecular weight is 624 g/mol. The van der Waals surface area contributed by atoms with Crippen molar-refractivity contribution in [2.24, 2.45) is 29.6 Å². The second-order valence-electron chi connectivity index (χ2n) is 11.9. The predicted molar refractivity (Wildman–Crippen MR) is 172 cm³/mol. The molecule has 6 rings (SSSR count). The Hall–Kier alpha value is -1.35. The van der Waals surface area contributed by atoms with Crippen molar-refractivity contribution in [1.29, 1.82) is 0 Å². The number of nitrogens with zero attached hydrogens (tertiary/aromatic N) is 2. The SMILES string of the molecule is CC(C)[C@H]1[N-]C2C(C#Cc3ccccc3)=CC=C[C@H]2N1[Si](C)(C)C1C2C=CC=CC2C2C=CC=CC21.[CH3-].[Cl][Ti][Cl]. The molecular formula is C34H40Cl2N2SiTi-2. The Labute approximate surface area is 260 Å². The first kappa shape index (κ1) is 31.6. The number of rotatable bonds is 3. The van der Waals surface area contributed by atoms with Crippen molar-refractivity contribution in [1.82, 2.24) is 4.57 Å². The zero-order valence-electron chi connectivity index (χ0n) is 24.1. The number of benzene rings is 1. The number of hydrogen-bond donors (Lipinski definition) is 0. The molecule has 1 saturated carbocycles. The van der Waals surface area contributed by atoms with Gasteiger partial charge in [-0.05, 0) is 46.9 Å². The molecule has 2 fully saturated rings. The van der Waals surface area contributed by atoms with Gasteiger partial charge in [-0.2, -0.15) is 0 Å². The van der Waals surface area contributed by atoms with E-state index in [1.54, 1.807) is 0 Å². The van der Waals surface area contributed by atoms with E-state index in [1.807, 2.05) is 6.07 Å². The molecule has 5 aliphatic rings. The van der Waals surface area contributed by atoms with Gasteiger partial charge in [-0.3, -0.25) is 0 Å². The summed E-state index contributed by atoms with van der Waals surface area (Å²) in [4.78, 5) is 0. The number of allylic oxidation sites excluding steroid dienone is 10. The summed E-state index contributed by atoms with van der Waals surface area (Å²) in [6.07, 6.45) is 26.2. The van der Waals surface area contributed by atoms with Crippen LogP contribution in [0.3, 0.4) is 0 Å². The molecule has 0 aromatic heterocycles. The number of fused-ring (bicyclic) bond motifs is 4. The van der Waals surface area contributed by atoms with Gasteiger partial charge in [0, 0.05) is 11.6 Å². The summed E-state index contributed by atoms with van der Waals surface area (Å²) in [6, 6.07) is 10.7. The van der Waals surface area contributed by atoms with Crippen molar-refractivity contribution in [2.75, 3.05) is 0 Å².